The second kappa shape index (κ2) is 14.2. The summed E-state index contributed by atoms with van der Waals surface area (Å²) < 4.78 is 33.7. The molecule has 0 aliphatic heterocycles. The highest BCUT2D eigenvalue weighted by molar-refractivity contribution is 7.16. The molecule has 1 aliphatic carbocycles. The van der Waals surface area contributed by atoms with Gasteiger partial charge in [0.05, 0.1) is 13.2 Å². The van der Waals surface area contributed by atoms with Gasteiger partial charge in [-0.3, -0.25) is 4.79 Å². The summed E-state index contributed by atoms with van der Waals surface area (Å²) in [5.74, 6) is -1.25. The molecule has 2 N–H and O–H groups in total. The van der Waals surface area contributed by atoms with Crippen LogP contribution in [0.1, 0.15) is 56.5 Å². The van der Waals surface area contributed by atoms with Gasteiger partial charge in [0.15, 0.2) is 0 Å². The van der Waals surface area contributed by atoms with Crippen LogP contribution in [0.15, 0.2) is 84.0 Å². The molecule has 1 aliphatic rings. The SMILES string of the molecule is C=CC1=C(Cc2ccc(F)cc2)C=C(CCP)C(C)(COCc2ccccc2C(F)C(N)=O)C1.CC. The maximum Gasteiger partial charge on any atom is 0.256 e. The van der Waals surface area contributed by atoms with Gasteiger partial charge < -0.3 is 10.5 Å². The second-order valence-electron chi connectivity index (χ2n) is 8.96. The number of carbonyl (C=O) groups is 1. The first-order chi connectivity index (χ1) is 17.3. The topological polar surface area (TPSA) is 52.3 Å². The fraction of sp³-hybridized carbons (Fsp3) is 0.367. The largest absolute Gasteiger partial charge is 0.376 e. The summed E-state index contributed by atoms with van der Waals surface area (Å²) in [7, 11) is 2.78. The molecular weight excluding hydrogens is 475 g/mol. The summed E-state index contributed by atoms with van der Waals surface area (Å²) >= 11 is 0. The van der Waals surface area contributed by atoms with Crippen LogP contribution in [0.25, 0.3) is 0 Å². The predicted molar refractivity (Wildman–Crippen MR) is 148 cm³/mol. The van der Waals surface area contributed by atoms with E-state index in [2.05, 4.69) is 28.8 Å². The number of carbonyl (C=O) groups excluding carboxylic acids is 1. The van der Waals surface area contributed by atoms with Crippen LogP contribution in [0, 0.1) is 11.2 Å². The van der Waals surface area contributed by atoms with Crippen molar-refractivity contribution in [1.82, 2.24) is 0 Å². The second-order valence-corrected chi connectivity index (χ2v) is 9.54. The number of hydrogen-bond donors (Lipinski definition) is 1. The Labute approximate surface area is 216 Å². The number of alkyl halides is 1. The van der Waals surface area contributed by atoms with Crippen LogP contribution in [0.5, 0.6) is 0 Å². The number of amides is 1. The Morgan fingerprint density at radius 2 is 1.89 bits per heavy atom. The lowest BCUT2D eigenvalue weighted by Gasteiger charge is -2.37. The van der Waals surface area contributed by atoms with Crippen LogP contribution in [-0.4, -0.2) is 18.7 Å². The number of hydrogen-bond acceptors (Lipinski definition) is 2. The molecule has 0 aromatic heterocycles. The van der Waals surface area contributed by atoms with E-state index in [9.17, 15) is 13.6 Å². The zero-order valence-electron chi connectivity index (χ0n) is 21.5. The molecule has 3 unspecified atom stereocenters. The lowest BCUT2D eigenvalue weighted by Crippen LogP contribution is -2.30. The molecule has 1 amide bonds. The summed E-state index contributed by atoms with van der Waals surface area (Å²) in [5, 5.41) is 0. The van der Waals surface area contributed by atoms with E-state index in [0.29, 0.717) is 18.6 Å². The van der Waals surface area contributed by atoms with Gasteiger partial charge in [0.1, 0.15) is 5.82 Å². The molecule has 0 saturated heterocycles. The van der Waals surface area contributed by atoms with Crippen LogP contribution in [0.2, 0.25) is 0 Å². The van der Waals surface area contributed by atoms with Gasteiger partial charge in [-0.15, -0.1) is 9.24 Å². The van der Waals surface area contributed by atoms with Gasteiger partial charge in [-0.1, -0.05) is 81.5 Å². The van der Waals surface area contributed by atoms with E-state index < -0.39 is 12.1 Å². The lowest BCUT2D eigenvalue weighted by molar-refractivity contribution is -0.122. The monoisotopic (exact) mass is 513 g/mol. The Hall–Kier alpha value is -2.62. The average molecular weight is 514 g/mol. The van der Waals surface area contributed by atoms with Crippen molar-refractivity contribution in [3.63, 3.8) is 0 Å². The Kier molecular flexibility index (Phi) is 11.7. The first-order valence-corrected chi connectivity index (χ1v) is 13.2. The standard InChI is InChI=1S/C28H32F2NO2P.C2H6/c1-3-20-16-28(2,18-33-17-21-6-4-5-7-25(21)26(30)27(31)32)23(12-13-34)15-22(20)14-19-8-10-24(29)11-9-19;1-2/h3-11,15,26H,1,12-14,16-18,34H2,2H3,(H2,31,32);1-2H3. The maximum absolute atomic E-state index is 14.3. The molecule has 3 nitrogen and oxygen atoms in total. The van der Waals surface area contributed by atoms with E-state index in [1.807, 2.05) is 32.1 Å². The molecule has 0 saturated carbocycles. The first kappa shape index (κ1) is 29.6. The number of ether oxygens (including phenoxy) is 1. The predicted octanol–water partition coefficient (Wildman–Crippen LogP) is 7.19. The molecule has 0 radical (unpaired) electrons. The summed E-state index contributed by atoms with van der Waals surface area (Å²) in [4.78, 5) is 11.4. The molecule has 0 fully saturated rings. The van der Waals surface area contributed by atoms with E-state index in [1.54, 1.807) is 24.3 Å². The smallest absolute Gasteiger partial charge is 0.256 e. The van der Waals surface area contributed by atoms with Crippen LogP contribution >= 0.6 is 9.24 Å². The van der Waals surface area contributed by atoms with Crippen molar-refractivity contribution in [3.8, 4) is 0 Å². The van der Waals surface area contributed by atoms with E-state index >= 15 is 0 Å². The number of nitrogens with two attached hydrogens (primary N) is 1. The van der Waals surface area contributed by atoms with Gasteiger partial charge in [-0.25, -0.2) is 8.78 Å². The summed E-state index contributed by atoms with van der Waals surface area (Å²) in [5.41, 5.74) is 10.4. The molecule has 0 heterocycles. The van der Waals surface area contributed by atoms with Crippen molar-refractivity contribution in [2.45, 2.75) is 52.8 Å². The van der Waals surface area contributed by atoms with Gasteiger partial charge in [0.2, 0.25) is 6.17 Å². The van der Waals surface area contributed by atoms with Gasteiger partial charge in [0, 0.05) is 11.0 Å². The van der Waals surface area contributed by atoms with Crippen molar-refractivity contribution in [2.24, 2.45) is 11.1 Å². The van der Waals surface area contributed by atoms with Crippen molar-refractivity contribution in [1.29, 1.82) is 0 Å². The van der Waals surface area contributed by atoms with Gasteiger partial charge >= 0.3 is 0 Å². The van der Waals surface area contributed by atoms with Gasteiger partial charge in [-0.2, -0.15) is 0 Å². The number of benzene rings is 2. The Balaban J connectivity index is 0.00000222. The number of primary amides is 1. The third-order valence-corrected chi connectivity index (χ3v) is 6.63. The minimum Gasteiger partial charge on any atom is -0.376 e. The molecule has 0 bridgehead atoms. The van der Waals surface area contributed by atoms with Crippen LogP contribution in [0.3, 0.4) is 0 Å². The average Bonchev–Trinajstić information content (AvgIpc) is 2.88. The molecule has 2 aromatic carbocycles. The van der Waals surface area contributed by atoms with E-state index in [0.717, 1.165) is 30.1 Å². The Bertz CT molecular complexity index is 1090. The first-order valence-electron chi connectivity index (χ1n) is 12.4. The fourth-order valence-corrected chi connectivity index (χ4v) is 4.75. The summed E-state index contributed by atoms with van der Waals surface area (Å²) in [6, 6.07) is 13.4. The molecule has 194 valence electrons. The number of allylic oxidation sites excluding steroid dienone is 4. The minimum absolute atomic E-state index is 0.184. The van der Waals surface area contributed by atoms with E-state index in [4.69, 9.17) is 10.5 Å². The molecule has 6 heteroatoms. The van der Waals surface area contributed by atoms with E-state index in [1.165, 1.54) is 23.3 Å². The summed E-state index contributed by atoms with van der Waals surface area (Å²) in [6.45, 7) is 10.8. The Morgan fingerprint density at radius 1 is 1.22 bits per heavy atom. The summed E-state index contributed by atoms with van der Waals surface area (Å²) in [6.07, 6.45) is 5.54. The van der Waals surface area contributed by atoms with Crippen LogP contribution in [-0.2, 0) is 22.6 Å². The third-order valence-electron chi connectivity index (χ3n) is 6.34. The maximum atomic E-state index is 14.3. The molecule has 3 atom stereocenters. The molecule has 36 heavy (non-hydrogen) atoms. The molecule has 3 rings (SSSR count). The third kappa shape index (κ3) is 7.69. The van der Waals surface area contributed by atoms with Crippen LogP contribution in [0.4, 0.5) is 8.78 Å². The van der Waals surface area contributed by atoms with Gasteiger partial charge in [-0.05, 0) is 59.8 Å². The molecule has 0 spiro atoms. The van der Waals surface area contributed by atoms with Crippen LogP contribution < -0.4 is 5.73 Å². The highest BCUT2D eigenvalue weighted by atomic mass is 31.0. The minimum atomic E-state index is -1.86. The molecule has 2 aromatic rings. The zero-order valence-corrected chi connectivity index (χ0v) is 22.7. The van der Waals surface area contributed by atoms with Crippen molar-refractivity contribution >= 4 is 15.1 Å². The zero-order chi connectivity index (χ0) is 26.7. The highest BCUT2D eigenvalue weighted by Crippen LogP contribution is 2.43. The van der Waals surface area contributed by atoms with E-state index in [-0.39, 0.29) is 23.4 Å². The fourth-order valence-electron chi connectivity index (χ4n) is 4.44. The van der Waals surface area contributed by atoms with Crippen molar-refractivity contribution in [3.05, 3.63) is 106 Å². The van der Waals surface area contributed by atoms with Gasteiger partial charge in [0.25, 0.3) is 5.91 Å². The number of rotatable bonds is 11. The molecular formula is C30H38F2NO2P. The quantitative estimate of drug-likeness (QED) is 0.323. The number of halogens is 2. The Morgan fingerprint density at radius 3 is 2.50 bits per heavy atom. The normalized spacial score (nSPS) is 18.1. The van der Waals surface area contributed by atoms with Crippen molar-refractivity contribution in [2.75, 3.05) is 12.8 Å². The highest BCUT2D eigenvalue weighted by Gasteiger charge is 2.33. The van der Waals surface area contributed by atoms with Crippen molar-refractivity contribution < 1.29 is 18.3 Å². The lowest BCUT2D eigenvalue weighted by atomic mass is 9.70.